The van der Waals surface area contributed by atoms with Gasteiger partial charge in [-0.2, -0.15) is 0 Å². The Hall–Kier alpha value is -1.09. The van der Waals surface area contributed by atoms with E-state index in [1.807, 2.05) is 6.08 Å². The summed E-state index contributed by atoms with van der Waals surface area (Å²) in [6.45, 7) is 8.79. The summed E-state index contributed by atoms with van der Waals surface area (Å²) in [5.74, 6) is -0.214. The van der Waals surface area contributed by atoms with E-state index in [2.05, 4.69) is 33.8 Å². The largest absolute Gasteiger partial charge is 0.461 e. The van der Waals surface area contributed by atoms with Crippen molar-refractivity contribution in [3.05, 3.63) is 23.3 Å². The van der Waals surface area contributed by atoms with Gasteiger partial charge in [-0.15, -0.1) is 0 Å². The van der Waals surface area contributed by atoms with Crippen LogP contribution in [0.5, 0.6) is 0 Å². The number of esters is 1. The number of aliphatic hydroxyl groups is 1. The second-order valence-corrected chi connectivity index (χ2v) is 6.95. The monoisotopic (exact) mass is 338 g/mol. The van der Waals surface area contributed by atoms with E-state index < -0.39 is 0 Å². The Morgan fingerprint density at radius 2 is 1.71 bits per heavy atom. The van der Waals surface area contributed by atoms with Gasteiger partial charge in [0.15, 0.2) is 0 Å². The highest BCUT2D eigenvalue weighted by Crippen LogP contribution is 2.11. The first-order valence-electron chi connectivity index (χ1n) is 9.58. The lowest BCUT2D eigenvalue weighted by molar-refractivity contribution is -0.143. The first-order chi connectivity index (χ1) is 11.5. The van der Waals surface area contributed by atoms with Crippen molar-refractivity contribution in [1.29, 1.82) is 0 Å². The van der Waals surface area contributed by atoms with Gasteiger partial charge in [-0.25, -0.2) is 0 Å². The van der Waals surface area contributed by atoms with Crippen LogP contribution in [-0.2, 0) is 9.53 Å². The lowest BCUT2D eigenvalue weighted by Crippen LogP contribution is -2.12. The summed E-state index contributed by atoms with van der Waals surface area (Å²) in [7, 11) is 0. The maximum absolute atomic E-state index is 11.7. The third kappa shape index (κ3) is 15.8. The summed E-state index contributed by atoms with van der Waals surface area (Å²) >= 11 is 0. The van der Waals surface area contributed by atoms with Crippen LogP contribution >= 0.6 is 0 Å². The summed E-state index contributed by atoms with van der Waals surface area (Å²) < 4.78 is 5.21. The van der Waals surface area contributed by atoms with E-state index in [-0.39, 0.29) is 12.1 Å². The number of carbonyl (C=O) groups is 1. The van der Waals surface area contributed by atoms with Crippen molar-refractivity contribution in [2.24, 2.45) is 0 Å². The quantitative estimate of drug-likeness (QED) is 0.250. The molecule has 0 saturated carbocycles. The maximum Gasteiger partial charge on any atom is 0.306 e. The van der Waals surface area contributed by atoms with Crippen molar-refractivity contribution in [3.8, 4) is 0 Å². The molecule has 0 bridgehead atoms. The molecule has 1 unspecified atom stereocenters. The van der Waals surface area contributed by atoms with E-state index in [4.69, 9.17) is 4.74 Å². The molecule has 0 aromatic carbocycles. The molecule has 0 saturated heterocycles. The van der Waals surface area contributed by atoms with E-state index in [0.717, 1.165) is 25.7 Å². The average Bonchev–Trinajstić information content (AvgIpc) is 2.52. The predicted octanol–water partition coefficient (Wildman–Crippen LogP) is 5.72. The highest BCUT2D eigenvalue weighted by molar-refractivity contribution is 5.69. The second kappa shape index (κ2) is 15.4. The van der Waals surface area contributed by atoms with E-state index in [9.17, 15) is 9.90 Å². The van der Waals surface area contributed by atoms with Crippen molar-refractivity contribution >= 4 is 5.97 Å². The third-order valence-corrected chi connectivity index (χ3v) is 4.09. The van der Waals surface area contributed by atoms with Crippen LogP contribution in [0.1, 0.15) is 91.9 Å². The number of ether oxygens (including phenoxy) is 1. The van der Waals surface area contributed by atoms with Crippen molar-refractivity contribution in [2.75, 3.05) is 6.61 Å². The van der Waals surface area contributed by atoms with Crippen molar-refractivity contribution < 1.29 is 14.6 Å². The van der Waals surface area contributed by atoms with Gasteiger partial charge in [0.2, 0.25) is 0 Å². The van der Waals surface area contributed by atoms with Crippen LogP contribution in [-0.4, -0.2) is 23.8 Å². The van der Waals surface area contributed by atoms with E-state index in [1.54, 1.807) is 0 Å². The normalized spacial score (nSPS) is 12.8. The van der Waals surface area contributed by atoms with Crippen molar-refractivity contribution in [2.45, 2.75) is 98.0 Å². The van der Waals surface area contributed by atoms with Gasteiger partial charge in [0, 0.05) is 6.42 Å². The van der Waals surface area contributed by atoms with Gasteiger partial charge in [-0.3, -0.25) is 4.79 Å². The Labute approximate surface area is 149 Å². The summed E-state index contributed by atoms with van der Waals surface area (Å²) in [6.07, 6.45) is 13.4. The molecular weight excluding hydrogens is 300 g/mol. The molecule has 1 atom stereocenters. The lowest BCUT2D eigenvalue weighted by Gasteiger charge is -2.10. The van der Waals surface area contributed by atoms with Crippen LogP contribution in [0, 0.1) is 0 Å². The van der Waals surface area contributed by atoms with Crippen LogP contribution in [0.15, 0.2) is 23.3 Å². The summed E-state index contributed by atoms with van der Waals surface area (Å²) in [5.41, 5.74) is 2.57. The molecule has 0 spiro atoms. The molecule has 0 aliphatic rings. The van der Waals surface area contributed by atoms with Crippen molar-refractivity contribution in [3.63, 3.8) is 0 Å². The van der Waals surface area contributed by atoms with E-state index in [0.29, 0.717) is 19.4 Å². The summed E-state index contributed by atoms with van der Waals surface area (Å²) in [6, 6.07) is 0. The minimum atomic E-state index is -0.375. The molecule has 0 aliphatic heterocycles. The molecular formula is C21H38O3. The Morgan fingerprint density at radius 1 is 1.00 bits per heavy atom. The highest BCUT2D eigenvalue weighted by atomic mass is 16.5. The van der Waals surface area contributed by atoms with Crippen LogP contribution in [0.25, 0.3) is 0 Å². The minimum Gasteiger partial charge on any atom is -0.461 e. The maximum atomic E-state index is 11.7. The first-order valence-corrected chi connectivity index (χ1v) is 9.58. The Balaban J connectivity index is 3.69. The van der Waals surface area contributed by atoms with Gasteiger partial charge in [0.1, 0.15) is 6.61 Å². The molecule has 24 heavy (non-hydrogen) atoms. The van der Waals surface area contributed by atoms with Crippen LogP contribution < -0.4 is 0 Å². The standard InChI is InChI=1S/C21H38O3/c1-5-6-7-8-9-13-20(22)14-15-21(23)24-17-16-19(4)12-10-11-18(2)3/h11,16,20,22H,5-10,12-15,17H2,1-4H3. The average molecular weight is 339 g/mol. The molecule has 0 aromatic heterocycles. The zero-order valence-corrected chi connectivity index (χ0v) is 16.3. The highest BCUT2D eigenvalue weighted by Gasteiger charge is 2.08. The summed E-state index contributed by atoms with van der Waals surface area (Å²) in [4.78, 5) is 11.7. The fourth-order valence-corrected chi connectivity index (χ4v) is 2.45. The molecule has 0 radical (unpaired) electrons. The molecule has 0 aliphatic carbocycles. The molecule has 3 heteroatoms. The van der Waals surface area contributed by atoms with Gasteiger partial charge in [0.05, 0.1) is 6.10 Å². The first kappa shape index (κ1) is 22.9. The van der Waals surface area contributed by atoms with Gasteiger partial charge < -0.3 is 9.84 Å². The number of aliphatic hydroxyl groups excluding tert-OH is 1. The number of rotatable bonds is 14. The third-order valence-electron chi connectivity index (χ3n) is 4.09. The second-order valence-electron chi connectivity index (χ2n) is 6.95. The van der Waals surface area contributed by atoms with Gasteiger partial charge in [-0.1, -0.05) is 56.3 Å². The zero-order valence-electron chi connectivity index (χ0n) is 16.3. The molecule has 140 valence electrons. The van der Waals surface area contributed by atoms with Gasteiger partial charge in [-0.05, 0) is 52.5 Å². The Kier molecular flexibility index (Phi) is 14.7. The number of hydrogen-bond donors (Lipinski definition) is 1. The topological polar surface area (TPSA) is 46.5 Å². The van der Waals surface area contributed by atoms with Gasteiger partial charge in [0.25, 0.3) is 0 Å². The Bertz CT molecular complexity index is 379. The molecule has 0 rings (SSSR count). The van der Waals surface area contributed by atoms with E-state index in [1.165, 1.54) is 36.8 Å². The van der Waals surface area contributed by atoms with Crippen LogP contribution in [0.4, 0.5) is 0 Å². The molecule has 3 nitrogen and oxygen atoms in total. The molecule has 1 N–H and O–H groups in total. The smallest absolute Gasteiger partial charge is 0.306 e. The number of carbonyl (C=O) groups excluding carboxylic acids is 1. The number of allylic oxidation sites excluding steroid dienone is 3. The fraction of sp³-hybridized carbons (Fsp3) is 0.762. The fourth-order valence-electron chi connectivity index (χ4n) is 2.45. The SMILES string of the molecule is CCCCCCCC(O)CCC(=O)OCC=C(C)CCC=C(C)C. The molecule has 0 heterocycles. The Morgan fingerprint density at radius 3 is 2.38 bits per heavy atom. The molecule has 0 fully saturated rings. The minimum absolute atomic E-state index is 0.214. The van der Waals surface area contributed by atoms with Crippen molar-refractivity contribution in [1.82, 2.24) is 0 Å². The zero-order chi connectivity index (χ0) is 18.2. The predicted molar refractivity (Wildman–Crippen MR) is 102 cm³/mol. The summed E-state index contributed by atoms with van der Waals surface area (Å²) in [5, 5.41) is 9.88. The van der Waals surface area contributed by atoms with E-state index >= 15 is 0 Å². The molecule has 0 amide bonds. The van der Waals surface area contributed by atoms with Crippen LogP contribution in [0.3, 0.4) is 0 Å². The lowest BCUT2D eigenvalue weighted by atomic mass is 10.1. The van der Waals surface area contributed by atoms with Crippen LogP contribution in [0.2, 0.25) is 0 Å². The number of hydrogen-bond acceptors (Lipinski definition) is 3. The number of unbranched alkanes of at least 4 members (excludes halogenated alkanes) is 4. The van der Waals surface area contributed by atoms with Gasteiger partial charge >= 0.3 is 5.97 Å². The molecule has 0 aromatic rings.